The van der Waals surface area contributed by atoms with Crippen molar-refractivity contribution >= 4 is 15.9 Å². The molecule has 158 valence electrons. The van der Waals surface area contributed by atoms with Gasteiger partial charge in [0.2, 0.25) is 15.9 Å². The number of sulfonamides is 1. The van der Waals surface area contributed by atoms with Crippen molar-refractivity contribution in [3.05, 3.63) is 65.5 Å². The standard InChI is InChI=1S/C20H23F3N2O3S/c1-13(2)19(11-14-3-5-15(21)6-4-14)25-20(26)9-10-24-29(27,28)16-7-8-17(22)18(23)12-16/h3-8,12-13,19,24H,9-11H2,1-2H3,(H,25,26). The third-order valence-corrected chi connectivity index (χ3v) is 5.82. The molecule has 2 aromatic carbocycles. The summed E-state index contributed by atoms with van der Waals surface area (Å²) in [5.74, 6) is -3.02. The van der Waals surface area contributed by atoms with Gasteiger partial charge in [-0.25, -0.2) is 26.3 Å². The third kappa shape index (κ3) is 6.86. The first-order valence-corrected chi connectivity index (χ1v) is 10.6. The molecule has 1 atom stereocenters. The summed E-state index contributed by atoms with van der Waals surface area (Å²) in [5, 5.41) is 2.85. The van der Waals surface area contributed by atoms with E-state index < -0.39 is 26.6 Å². The van der Waals surface area contributed by atoms with Crippen LogP contribution in [0.1, 0.15) is 25.8 Å². The lowest BCUT2D eigenvalue weighted by molar-refractivity contribution is -0.121. The largest absolute Gasteiger partial charge is 0.353 e. The van der Waals surface area contributed by atoms with Gasteiger partial charge in [-0.2, -0.15) is 0 Å². The van der Waals surface area contributed by atoms with E-state index in [1.165, 1.54) is 12.1 Å². The molecule has 0 saturated carbocycles. The van der Waals surface area contributed by atoms with Crippen molar-refractivity contribution in [3.8, 4) is 0 Å². The molecular weight excluding hydrogens is 405 g/mol. The Morgan fingerprint density at radius 3 is 2.24 bits per heavy atom. The van der Waals surface area contributed by atoms with Crippen molar-refractivity contribution in [1.29, 1.82) is 0 Å². The Labute approximate surface area is 168 Å². The average Bonchev–Trinajstić information content (AvgIpc) is 2.64. The normalized spacial score (nSPS) is 12.8. The van der Waals surface area contributed by atoms with Crippen LogP contribution in [0, 0.1) is 23.4 Å². The summed E-state index contributed by atoms with van der Waals surface area (Å²) in [4.78, 5) is 11.8. The monoisotopic (exact) mass is 428 g/mol. The molecule has 0 aliphatic heterocycles. The van der Waals surface area contributed by atoms with Crippen LogP contribution in [0.4, 0.5) is 13.2 Å². The quantitative estimate of drug-likeness (QED) is 0.644. The van der Waals surface area contributed by atoms with Crippen LogP contribution >= 0.6 is 0 Å². The number of benzene rings is 2. The Balaban J connectivity index is 1.89. The van der Waals surface area contributed by atoms with Crippen LogP contribution in [0.15, 0.2) is 47.4 Å². The molecule has 5 nitrogen and oxygen atoms in total. The van der Waals surface area contributed by atoms with Gasteiger partial charge in [-0.3, -0.25) is 4.79 Å². The van der Waals surface area contributed by atoms with Crippen molar-refractivity contribution in [1.82, 2.24) is 10.0 Å². The highest BCUT2D eigenvalue weighted by atomic mass is 32.2. The fourth-order valence-corrected chi connectivity index (χ4v) is 3.68. The predicted octanol–water partition coefficient (Wildman–Crippen LogP) is 3.16. The van der Waals surface area contributed by atoms with Crippen LogP contribution in [0.2, 0.25) is 0 Å². The van der Waals surface area contributed by atoms with Gasteiger partial charge in [0.1, 0.15) is 5.82 Å². The lowest BCUT2D eigenvalue weighted by atomic mass is 9.96. The summed E-state index contributed by atoms with van der Waals surface area (Å²) in [5.41, 5.74) is 0.865. The second-order valence-electron chi connectivity index (χ2n) is 6.97. The molecule has 2 aromatic rings. The number of carbonyl (C=O) groups excluding carboxylic acids is 1. The number of amides is 1. The van der Waals surface area contributed by atoms with Crippen LogP contribution in [0.25, 0.3) is 0 Å². The van der Waals surface area contributed by atoms with Crippen LogP contribution in [0.3, 0.4) is 0 Å². The van der Waals surface area contributed by atoms with E-state index >= 15 is 0 Å². The van der Waals surface area contributed by atoms with E-state index in [1.807, 2.05) is 13.8 Å². The maximum absolute atomic E-state index is 13.2. The second kappa shape index (κ2) is 9.89. The van der Waals surface area contributed by atoms with Gasteiger partial charge in [0.15, 0.2) is 11.6 Å². The molecule has 0 saturated heterocycles. The molecule has 0 aromatic heterocycles. The molecule has 1 unspecified atom stereocenters. The van der Waals surface area contributed by atoms with Gasteiger partial charge < -0.3 is 5.32 Å². The van der Waals surface area contributed by atoms with Crippen LogP contribution in [-0.2, 0) is 21.2 Å². The Kier molecular flexibility index (Phi) is 7.80. The first-order valence-electron chi connectivity index (χ1n) is 9.07. The summed E-state index contributed by atoms with van der Waals surface area (Å²) in [6.45, 7) is 3.66. The van der Waals surface area contributed by atoms with E-state index in [9.17, 15) is 26.4 Å². The van der Waals surface area contributed by atoms with E-state index in [0.29, 0.717) is 12.5 Å². The summed E-state index contributed by atoms with van der Waals surface area (Å²) < 4.78 is 65.6. The van der Waals surface area contributed by atoms with Crippen molar-refractivity contribution in [3.63, 3.8) is 0 Å². The van der Waals surface area contributed by atoms with Gasteiger partial charge >= 0.3 is 0 Å². The highest BCUT2D eigenvalue weighted by molar-refractivity contribution is 7.89. The van der Waals surface area contributed by atoms with Gasteiger partial charge in [-0.05, 0) is 48.2 Å². The van der Waals surface area contributed by atoms with Crippen molar-refractivity contribution in [2.24, 2.45) is 5.92 Å². The first-order chi connectivity index (χ1) is 13.6. The molecule has 0 bridgehead atoms. The SMILES string of the molecule is CC(C)C(Cc1ccc(F)cc1)NC(=O)CCNS(=O)(=O)c1ccc(F)c(F)c1. The number of halogens is 3. The topological polar surface area (TPSA) is 75.3 Å². The number of hydrogen-bond acceptors (Lipinski definition) is 3. The van der Waals surface area contributed by atoms with Gasteiger partial charge in [-0.1, -0.05) is 26.0 Å². The van der Waals surface area contributed by atoms with Crippen LogP contribution < -0.4 is 10.0 Å². The zero-order chi connectivity index (χ0) is 21.6. The summed E-state index contributed by atoms with van der Waals surface area (Å²) in [7, 11) is -4.06. The molecule has 0 radical (unpaired) electrons. The molecular formula is C20H23F3N2O3S. The summed E-state index contributed by atoms with van der Waals surface area (Å²) in [6, 6.07) is 8.02. The Bertz CT molecular complexity index is 948. The van der Waals surface area contributed by atoms with Crippen molar-refractivity contribution < 1.29 is 26.4 Å². The van der Waals surface area contributed by atoms with E-state index in [0.717, 1.165) is 17.7 Å². The molecule has 0 heterocycles. The minimum atomic E-state index is -4.06. The smallest absolute Gasteiger partial charge is 0.240 e. The maximum Gasteiger partial charge on any atom is 0.240 e. The Hall–Kier alpha value is -2.39. The Morgan fingerprint density at radius 1 is 1.00 bits per heavy atom. The zero-order valence-corrected chi connectivity index (χ0v) is 16.9. The maximum atomic E-state index is 13.2. The minimum Gasteiger partial charge on any atom is -0.353 e. The third-order valence-electron chi connectivity index (χ3n) is 4.37. The number of carbonyl (C=O) groups is 1. The van der Waals surface area contributed by atoms with E-state index in [-0.39, 0.29) is 36.6 Å². The van der Waals surface area contributed by atoms with Crippen LogP contribution in [0.5, 0.6) is 0 Å². The zero-order valence-electron chi connectivity index (χ0n) is 16.1. The van der Waals surface area contributed by atoms with Gasteiger partial charge in [0.25, 0.3) is 0 Å². The number of nitrogens with one attached hydrogen (secondary N) is 2. The highest BCUT2D eigenvalue weighted by Gasteiger charge is 2.19. The molecule has 9 heteroatoms. The highest BCUT2D eigenvalue weighted by Crippen LogP contribution is 2.14. The Morgan fingerprint density at radius 2 is 1.66 bits per heavy atom. The predicted molar refractivity (Wildman–Crippen MR) is 103 cm³/mol. The fourth-order valence-electron chi connectivity index (χ4n) is 2.63. The molecule has 0 aliphatic rings. The van der Waals surface area contributed by atoms with Crippen molar-refractivity contribution in [2.45, 2.75) is 37.6 Å². The average molecular weight is 428 g/mol. The molecule has 1 amide bonds. The molecule has 2 rings (SSSR count). The second-order valence-corrected chi connectivity index (χ2v) is 8.74. The fraction of sp³-hybridized carbons (Fsp3) is 0.350. The lowest BCUT2D eigenvalue weighted by Gasteiger charge is -2.22. The summed E-state index contributed by atoms with van der Waals surface area (Å²) >= 11 is 0. The molecule has 29 heavy (non-hydrogen) atoms. The molecule has 0 aliphatic carbocycles. The minimum absolute atomic E-state index is 0.0999. The molecule has 0 fully saturated rings. The van der Waals surface area contributed by atoms with Gasteiger partial charge in [0.05, 0.1) is 4.90 Å². The van der Waals surface area contributed by atoms with E-state index in [2.05, 4.69) is 10.0 Å². The van der Waals surface area contributed by atoms with Crippen molar-refractivity contribution in [2.75, 3.05) is 6.54 Å². The van der Waals surface area contributed by atoms with Crippen LogP contribution in [-0.4, -0.2) is 26.9 Å². The van der Waals surface area contributed by atoms with Gasteiger partial charge in [-0.15, -0.1) is 0 Å². The first kappa shape index (κ1) is 22.9. The molecule has 2 N–H and O–H groups in total. The number of hydrogen-bond donors (Lipinski definition) is 2. The van der Waals surface area contributed by atoms with Gasteiger partial charge in [0, 0.05) is 19.0 Å². The summed E-state index contributed by atoms with van der Waals surface area (Å²) in [6.07, 6.45) is 0.375. The van der Waals surface area contributed by atoms with E-state index in [1.54, 1.807) is 12.1 Å². The number of rotatable bonds is 9. The lowest BCUT2D eigenvalue weighted by Crippen LogP contribution is -2.41. The molecule has 0 spiro atoms. The van der Waals surface area contributed by atoms with E-state index in [4.69, 9.17) is 0 Å².